The smallest absolute Gasteiger partial charge is 0.249 e. The van der Waals surface area contributed by atoms with E-state index in [-0.39, 0.29) is 23.1 Å². The number of piperidine rings is 2. The number of H-pyrrole nitrogens is 1. The maximum absolute atomic E-state index is 13.7. The largest absolute Gasteiger partial charge is 0.357 e. The lowest BCUT2D eigenvalue weighted by Crippen LogP contribution is -2.84. The van der Waals surface area contributed by atoms with Crippen LogP contribution in [-0.2, 0) is 21.4 Å². The molecule has 27 heavy (non-hydrogen) atoms. The fraction of sp³-hybridized carbons (Fsp3) is 0.545. The summed E-state index contributed by atoms with van der Waals surface area (Å²) in [6.07, 6.45) is 3.10. The second-order valence-electron chi connectivity index (χ2n) is 9.65. The van der Waals surface area contributed by atoms with E-state index in [9.17, 15) is 9.59 Å². The number of benzene rings is 1. The van der Waals surface area contributed by atoms with Gasteiger partial charge in [-0.2, -0.15) is 0 Å². The molecule has 2 spiro atoms. The molecule has 2 amide bonds. The number of nitrogens with zero attached hydrogens (tertiary/aromatic N) is 1. The number of para-hydroxylation sites is 1. The molecular formula is C22H25N3O2. The fourth-order valence-corrected chi connectivity index (χ4v) is 6.80. The number of amides is 2. The third-order valence-electron chi connectivity index (χ3n) is 8.13. The van der Waals surface area contributed by atoms with Crippen LogP contribution in [0, 0.1) is 12.8 Å². The van der Waals surface area contributed by atoms with Crippen LogP contribution in [0.25, 0.3) is 10.9 Å². The van der Waals surface area contributed by atoms with Crippen LogP contribution >= 0.6 is 0 Å². The maximum atomic E-state index is 13.7. The van der Waals surface area contributed by atoms with Crippen LogP contribution in [0.5, 0.6) is 0 Å². The van der Waals surface area contributed by atoms with E-state index in [1.165, 1.54) is 22.2 Å². The van der Waals surface area contributed by atoms with Gasteiger partial charge in [0, 0.05) is 40.9 Å². The van der Waals surface area contributed by atoms with Crippen LogP contribution in [0.2, 0.25) is 0 Å². The number of hydrogen-bond acceptors (Lipinski definition) is 2. The van der Waals surface area contributed by atoms with Crippen molar-refractivity contribution < 1.29 is 9.59 Å². The summed E-state index contributed by atoms with van der Waals surface area (Å²) < 4.78 is 0. The molecule has 1 aliphatic carbocycles. The second-order valence-corrected chi connectivity index (χ2v) is 9.65. The zero-order chi connectivity index (χ0) is 18.8. The first-order valence-corrected chi connectivity index (χ1v) is 10.1. The van der Waals surface area contributed by atoms with Crippen molar-refractivity contribution in [1.82, 2.24) is 15.2 Å². The summed E-state index contributed by atoms with van der Waals surface area (Å²) in [6.45, 7) is 7.34. The average Bonchev–Trinajstić information content (AvgIpc) is 3.21. The summed E-state index contributed by atoms with van der Waals surface area (Å²) in [7, 11) is 0. The molecule has 1 aromatic heterocycles. The maximum Gasteiger partial charge on any atom is 0.249 e. The highest BCUT2D eigenvalue weighted by Crippen LogP contribution is 2.59. The van der Waals surface area contributed by atoms with Crippen LogP contribution in [0.4, 0.5) is 0 Å². The predicted octanol–water partition coefficient (Wildman–Crippen LogP) is 2.56. The van der Waals surface area contributed by atoms with E-state index in [1.54, 1.807) is 0 Å². The first-order chi connectivity index (χ1) is 12.8. The Morgan fingerprint density at radius 1 is 1.22 bits per heavy atom. The highest BCUT2D eigenvalue weighted by atomic mass is 16.2. The van der Waals surface area contributed by atoms with Gasteiger partial charge >= 0.3 is 0 Å². The van der Waals surface area contributed by atoms with Gasteiger partial charge in [0.25, 0.3) is 0 Å². The molecule has 0 unspecified atom stereocenters. The Morgan fingerprint density at radius 2 is 2.04 bits per heavy atom. The van der Waals surface area contributed by atoms with E-state index in [1.807, 2.05) is 4.90 Å². The van der Waals surface area contributed by atoms with E-state index in [0.717, 1.165) is 31.3 Å². The molecule has 2 N–H and O–H groups in total. The minimum atomic E-state index is -0.793. The molecule has 5 nitrogen and oxygen atoms in total. The lowest BCUT2D eigenvalue weighted by molar-refractivity contribution is -0.179. The second kappa shape index (κ2) is 4.40. The molecule has 3 atom stereocenters. The molecule has 5 heterocycles. The van der Waals surface area contributed by atoms with Crippen molar-refractivity contribution in [2.45, 2.75) is 62.9 Å². The van der Waals surface area contributed by atoms with E-state index in [0.29, 0.717) is 6.42 Å². The standard InChI is InChI=1S/C22H25N3O2/c1-12-6-4-7-13-14-10-22-15(20(2,3)17(14)23-16(12)13)11-21(18(26)24-22)8-5-9-25(21)19(22)27/h4,6-7,15,23H,5,8-11H2,1-3H3,(H,24,26)/t15-,21+,22+/m1/s1. The third kappa shape index (κ3) is 1.52. The van der Waals surface area contributed by atoms with Crippen LogP contribution in [-0.4, -0.2) is 39.3 Å². The highest BCUT2D eigenvalue weighted by molar-refractivity contribution is 6.06. The van der Waals surface area contributed by atoms with Gasteiger partial charge in [-0.15, -0.1) is 0 Å². The lowest BCUT2D eigenvalue weighted by atomic mass is 9.51. The van der Waals surface area contributed by atoms with Gasteiger partial charge in [0.1, 0.15) is 11.1 Å². The van der Waals surface area contributed by atoms with Gasteiger partial charge in [-0.1, -0.05) is 32.0 Å². The molecule has 140 valence electrons. The number of rotatable bonds is 0. The molecule has 0 radical (unpaired) electrons. The SMILES string of the molecule is Cc1cccc2c3c([nH]c12)C(C)(C)[C@H]1C[C@]24CCCN2C(=O)[C@@]1(C3)NC4=O. The number of fused-ring (bicyclic) bond motifs is 4. The molecule has 0 saturated carbocycles. The van der Waals surface area contributed by atoms with E-state index < -0.39 is 11.1 Å². The Hall–Kier alpha value is -2.30. The first-order valence-electron chi connectivity index (χ1n) is 10.1. The van der Waals surface area contributed by atoms with Crippen LogP contribution in [0.1, 0.15) is 49.9 Å². The number of aromatic nitrogens is 1. The van der Waals surface area contributed by atoms with Crippen molar-refractivity contribution in [3.63, 3.8) is 0 Å². The molecule has 5 heteroatoms. The normalized spacial score (nSPS) is 35.8. The van der Waals surface area contributed by atoms with Gasteiger partial charge in [-0.3, -0.25) is 9.59 Å². The molecule has 7 rings (SSSR count). The molecule has 4 fully saturated rings. The van der Waals surface area contributed by atoms with Crippen molar-refractivity contribution in [2.24, 2.45) is 5.92 Å². The van der Waals surface area contributed by atoms with Crippen LogP contribution in [0.15, 0.2) is 18.2 Å². The molecule has 1 aromatic carbocycles. The highest BCUT2D eigenvalue weighted by Gasteiger charge is 2.72. The quantitative estimate of drug-likeness (QED) is 0.755. The summed E-state index contributed by atoms with van der Waals surface area (Å²) in [6, 6.07) is 6.34. The Bertz CT molecular complexity index is 1050. The van der Waals surface area contributed by atoms with E-state index in [2.05, 4.69) is 49.3 Å². The minimum Gasteiger partial charge on any atom is -0.357 e. The molecule has 2 bridgehead atoms. The molecular weight excluding hydrogens is 338 g/mol. The lowest BCUT2D eigenvalue weighted by Gasteiger charge is -2.64. The Morgan fingerprint density at radius 3 is 2.85 bits per heavy atom. The van der Waals surface area contributed by atoms with Gasteiger partial charge in [-0.25, -0.2) is 0 Å². The van der Waals surface area contributed by atoms with Crippen molar-refractivity contribution in [3.8, 4) is 0 Å². The van der Waals surface area contributed by atoms with Gasteiger partial charge in [-0.05, 0) is 37.3 Å². The Kier molecular flexibility index (Phi) is 2.56. The molecule has 4 aliphatic heterocycles. The Balaban J connectivity index is 1.64. The first kappa shape index (κ1) is 15.7. The van der Waals surface area contributed by atoms with Crippen LogP contribution in [0.3, 0.4) is 0 Å². The predicted molar refractivity (Wildman–Crippen MR) is 102 cm³/mol. The summed E-state index contributed by atoms with van der Waals surface area (Å²) in [5, 5.41) is 4.46. The van der Waals surface area contributed by atoms with Gasteiger partial charge in [0.05, 0.1) is 0 Å². The van der Waals surface area contributed by atoms with Gasteiger partial charge in [0.2, 0.25) is 11.8 Å². The number of piperazine rings is 1. The summed E-state index contributed by atoms with van der Waals surface area (Å²) in [4.78, 5) is 32.4. The average molecular weight is 363 g/mol. The summed E-state index contributed by atoms with van der Waals surface area (Å²) in [5.41, 5.74) is 3.23. The van der Waals surface area contributed by atoms with Gasteiger partial charge in [0.15, 0.2) is 0 Å². The molecule has 2 aromatic rings. The topological polar surface area (TPSA) is 65.2 Å². The van der Waals surface area contributed by atoms with Crippen molar-refractivity contribution in [2.75, 3.05) is 6.54 Å². The summed E-state index contributed by atoms with van der Waals surface area (Å²) >= 11 is 0. The number of aryl methyl sites for hydroxylation is 1. The van der Waals surface area contributed by atoms with Crippen LogP contribution < -0.4 is 5.32 Å². The Labute approximate surface area is 158 Å². The molecule has 4 saturated heterocycles. The summed E-state index contributed by atoms with van der Waals surface area (Å²) in [5.74, 6) is 0.341. The number of carbonyl (C=O) groups excluding carboxylic acids is 2. The number of hydrogen-bond donors (Lipinski definition) is 2. The molecule has 5 aliphatic rings. The fourth-order valence-electron chi connectivity index (χ4n) is 6.80. The monoisotopic (exact) mass is 363 g/mol. The van der Waals surface area contributed by atoms with Crippen molar-refractivity contribution >= 4 is 22.7 Å². The number of carbonyl (C=O) groups is 2. The number of aromatic amines is 1. The zero-order valence-electron chi connectivity index (χ0n) is 16.1. The zero-order valence-corrected chi connectivity index (χ0v) is 16.1. The van der Waals surface area contributed by atoms with E-state index in [4.69, 9.17) is 0 Å². The van der Waals surface area contributed by atoms with Crippen molar-refractivity contribution in [1.29, 1.82) is 0 Å². The van der Waals surface area contributed by atoms with Crippen molar-refractivity contribution in [3.05, 3.63) is 35.0 Å². The third-order valence-corrected chi connectivity index (χ3v) is 8.13. The minimum absolute atomic E-state index is 0.0751. The number of nitrogens with one attached hydrogen (secondary N) is 2. The van der Waals surface area contributed by atoms with Gasteiger partial charge < -0.3 is 15.2 Å². The van der Waals surface area contributed by atoms with E-state index >= 15 is 0 Å².